The number of hydrogen-bond donors (Lipinski definition) is 0. The molecule has 5 rings (SSSR count). The van der Waals surface area contributed by atoms with Crippen LogP contribution in [0.3, 0.4) is 0 Å². The van der Waals surface area contributed by atoms with E-state index in [4.69, 9.17) is 9.47 Å². The van der Waals surface area contributed by atoms with Crippen LogP contribution in [0.5, 0.6) is 5.75 Å². The molecule has 0 spiro atoms. The van der Waals surface area contributed by atoms with Gasteiger partial charge in [-0.1, -0.05) is 18.6 Å². The molecule has 0 aromatic heterocycles. The zero-order chi connectivity index (χ0) is 18.4. The van der Waals surface area contributed by atoms with E-state index in [-0.39, 0.29) is 17.7 Å². The molecular formula is C21H26N2O4. The summed E-state index contributed by atoms with van der Waals surface area (Å²) in [5.41, 5.74) is 0.802. The molecule has 2 bridgehead atoms. The average molecular weight is 370 g/mol. The summed E-state index contributed by atoms with van der Waals surface area (Å²) in [4.78, 5) is 30.0. The first-order valence-corrected chi connectivity index (χ1v) is 10.1. The van der Waals surface area contributed by atoms with Gasteiger partial charge in [0.15, 0.2) is 6.10 Å². The van der Waals surface area contributed by atoms with Crippen LogP contribution in [0.25, 0.3) is 0 Å². The van der Waals surface area contributed by atoms with Gasteiger partial charge in [0.25, 0.3) is 5.91 Å². The Labute approximate surface area is 159 Å². The van der Waals surface area contributed by atoms with Crippen molar-refractivity contribution in [1.82, 2.24) is 4.90 Å². The highest BCUT2D eigenvalue weighted by atomic mass is 16.5. The second kappa shape index (κ2) is 6.82. The topological polar surface area (TPSA) is 59.1 Å². The normalized spacial score (nSPS) is 32.1. The molecule has 27 heavy (non-hydrogen) atoms. The van der Waals surface area contributed by atoms with E-state index in [1.54, 1.807) is 4.90 Å². The monoisotopic (exact) mass is 370 g/mol. The van der Waals surface area contributed by atoms with Crippen molar-refractivity contribution in [3.05, 3.63) is 24.3 Å². The lowest BCUT2D eigenvalue weighted by molar-refractivity contribution is -0.143. The summed E-state index contributed by atoms with van der Waals surface area (Å²) in [6.07, 6.45) is 4.00. The summed E-state index contributed by atoms with van der Waals surface area (Å²) in [7, 11) is 0. The molecule has 2 amide bonds. The first-order chi connectivity index (χ1) is 13.2. The van der Waals surface area contributed by atoms with Gasteiger partial charge in [-0.2, -0.15) is 0 Å². The van der Waals surface area contributed by atoms with Gasteiger partial charge in [-0.05, 0) is 43.2 Å². The summed E-state index contributed by atoms with van der Waals surface area (Å²) in [6, 6.07) is 7.60. The fourth-order valence-corrected chi connectivity index (χ4v) is 5.31. The molecule has 4 atom stereocenters. The van der Waals surface area contributed by atoms with Gasteiger partial charge < -0.3 is 19.3 Å². The highest BCUT2D eigenvalue weighted by molar-refractivity contribution is 5.99. The molecule has 144 valence electrons. The quantitative estimate of drug-likeness (QED) is 0.800. The van der Waals surface area contributed by atoms with Crippen molar-refractivity contribution in [2.24, 2.45) is 17.8 Å². The van der Waals surface area contributed by atoms with Gasteiger partial charge >= 0.3 is 0 Å². The maximum absolute atomic E-state index is 13.4. The third kappa shape index (κ3) is 3.00. The summed E-state index contributed by atoms with van der Waals surface area (Å²) in [6.45, 7) is 2.59. The van der Waals surface area contributed by atoms with Gasteiger partial charge in [0, 0.05) is 19.0 Å². The average Bonchev–Trinajstić information content (AvgIpc) is 3.36. The van der Waals surface area contributed by atoms with E-state index in [1.165, 1.54) is 19.3 Å². The fraction of sp³-hybridized carbons (Fsp3) is 0.619. The van der Waals surface area contributed by atoms with Crippen LogP contribution in [-0.2, 0) is 14.3 Å². The van der Waals surface area contributed by atoms with Crippen molar-refractivity contribution in [3.63, 3.8) is 0 Å². The van der Waals surface area contributed by atoms with Crippen LogP contribution >= 0.6 is 0 Å². The molecule has 6 nitrogen and oxygen atoms in total. The Hall–Kier alpha value is -2.08. The molecule has 2 aliphatic carbocycles. The van der Waals surface area contributed by atoms with Crippen LogP contribution in [0.15, 0.2) is 24.3 Å². The highest BCUT2D eigenvalue weighted by Gasteiger charge is 2.46. The van der Waals surface area contributed by atoms with Crippen LogP contribution in [0.2, 0.25) is 0 Å². The Balaban J connectivity index is 1.40. The van der Waals surface area contributed by atoms with Crippen LogP contribution in [0.4, 0.5) is 5.69 Å². The molecule has 6 heteroatoms. The molecule has 2 heterocycles. The number of rotatable bonds is 2. The number of carbonyl (C=O) groups excluding carboxylic acids is 2. The Kier molecular flexibility index (Phi) is 4.31. The van der Waals surface area contributed by atoms with Gasteiger partial charge in [-0.3, -0.25) is 9.59 Å². The van der Waals surface area contributed by atoms with Crippen molar-refractivity contribution in [1.29, 1.82) is 0 Å². The van der Waals surface area contributed by atoms with Crippen molar-refractivity contribution in [2.45, 2.75) is 31.8 Å². The number of hydrogen-bond acceptors (Lipinski definition) is 4. The van der Waals surface area contributed by atoms with Gasteiger partial charge in [0.05, 0.1) is 25.4 Å². The van der Waals surface area contributed by atoms with Crippen LogP contribution in [0.1, 0.15) is 25.7 Å². The highest BCUT2D eigenvalue weighted by Crippen LogP contribution is 2.49. The summed E-state index contributed by atoms with van der Waals surface area (Å²) in [5, 5.41) is 0. The van der Waals surface area contributed by atoms with Crippen molar-refractivity contribution in [3.8, 4) is 5.75 Å². The van der Waals surface area contributed by atoms with E-state index >= 15 is 0 Å². The third-order valence-electron chi connectivity index (χ3n) is 6.69. The molecule has 1 saturated heterocycles. The number of fused-ring (bicyclic) bond motifs is 3. The predicted molar refractivity (Wildman–Crippen MR) is 99.5 cm³/mol. The summed E-state index contributed by atoms with van der Waals surface area (Å²) >= 11 is 0. The van der Waals surface area contributed by atoms with E-state index in [0.29, 0.717) is 50.4 Å². The van der Waals surface area contributed by atoms with Crippen molar-refractivity contribution < 1.29 is 19.1 Å². The number of para-hydroxylation sites is 2. The molecular weight excluding hydrogens is 344 g/mol. The number of ether oxygens (including phenoxy) is 2. The molecule has 3 fully saturated rings. The molecule has 0 N–H and O–H groups in total. The SMILES string of the molecule is O=C([C@@H]1CN(C(=O)[C@H]2C[C@H]3CC[C@H]2C3)c2ccccc2O1)N1CCOCC1. The number of benzene rings is 1. The molecule has 2 aliphatic heterocycles. The Morgan fingerprint density at radius 1 is 1.00 bits per heavy atom. The zero-order valence-corrected chi connectivity index (χ0v) is 15.5. The Bertz CT molecular complexity index is 745. The van der Waals surface area contributed by atoms with Crippen LogP contribution in [-0.4, -0.2) is 55.7 Å². The Morgan fingerprint density at radius 2 is 1.81 bits per heavy atom. The summed E-state index contributed by atoms with van der Waals surface area (Å²) < 4.78 is 11.4. The van der Waals surface area contributed by atoms with E-state index < -0.39 is 6.10 Å². The van der Waals surface area contributed by atoms with E-state index in [9.17, 15) is 9.59 Å². The second-order valence-electron chi connectivity index (χ2n) is 8.24. The maximum Gasteiger partial charge on any atom is 0.265 e. The first-order valence-electron chi connectivity index (χ1n) is 10.1. The van der Waals surface area contributed by atoms with Gasteiger partial charge in [-0.25, -0.2) is 0 Å². The fourth-order valence-electron chi connectivity index (χ4n) is 5.31. The van der Waals surface area contributed by atoms with Gasteiger partial charge in [0.1, 0.15) is 5.75 Å². The van der Waals surface area contributed by atoms with Gasteiger partial charge in [-0.15, -0.1) is 0 Å². The van der Waals surface area contributed by atoms with E-state index in [2.05, 4.69) is 0 Å². The van der Waals surface area contributed by atoms with Crippen molar-refractivity contribution >= 4 is 17.5 Å². The molecule has 0 radical (unpaired) electrons. The van der Waals surface area contributed by atoms with Crippen LogP contribution < -0.4 is 9.64 Å². The second-order valence-corrected chi connectivity index (χ2v) is 8.24. The third-order valence-corrected chi connectivity index (χ3v) is 6.69. The smallest absolute Gasteiger partial charge is 0.265 e. The van der Waals surface area contributed by atoms with E-state index in [1.807, 2.05) is 29.2 Å². The lowest BCUT2D eigenvalue weighted by Crippen LogP contribution is -2.55. The van der Waals surface area contributed by atoms with Crippen molar-refractivity contribution in [2.75, 3.05) is 37.7 Å². The number of anilines is 1. The number of carbonyl (C=O) groups is 2. The Morgan fingerprint density at radius 3 is 2.56 bits per heavy atom. The number of amides is 2. The molecule has 2 saturated carbocycles. The number of morpholine rings is 1. The first kappa shape index (κ1) is 17.0. The van der Waals surface area contributed by atoms with Crippen LogP contribution in [0, 0.1) is 17.8 Å². The lowest BCUT2D eigenvalue weighted by atomic mass is 9.87. The largest absolute Gasteiger partial charge is 0.476 e. The standard InChI is InChI=1S/C21H26N2O4/c24-20(16-12-14-5-6-15(16)11-14)23-13-19(21(25)22-7-9-26-10-8-22)27-18-4-2-1-3-17(18)23/h1-4,14-16,19H,5-13H2/t14-,15-,16-,19-/m0/s1. The lowest BCUT2D eigenvalue weighted by Gasteiger charge is -2.39. The van der Waals surface area contributed by atoms with Gasteiger partial charge in [0.2, 0.25) is 5.91 Å². The number of nitrogens with zero attached hydrogens (tertiary/aromatic N) is 2. The minimum atomic E-state index is -0.638. The maximum atomic E-state index is 13.4. The minimum absolute atomic E-state index is 0.0430. The zero-order valence-electron chi connectivity index (χ0n) is 15.5. The molecule has 0 unspecified atom stereocenters. The molecule has 4 aliphatic rings. The molecule has 1 aromatic carbocycles. The minimum Gasteiger partial charge on any atom is -0.476 e. The predicted octanol–water partition coefficient (Wildman–Crippen LogP) is 2.08. The molecule has 1 aromatic rings. The summed E-state index contributed by atoms with van der Waals surface area (Å²) in [5.74, 6) is 2.11. The van der Waals surface area contributed by atoms with E-state index in [0.717, 1.165) is 12.1 Å².